The molecule has 0 rings (SSSR count). The van der Waals surface area contributed by atoms with E-state index in [1.54, 1.807) is 0 Å². The number of carbonyl (C=O) groups is 2. The molecule has 0 aromatic rings. The average molecular weight is 278 g/mol. The molecule has 1 atom stereocenters. The quantitative estimate of drug-likeness (QED) is 0.327. The van der Waals surface area contributed by atoms with Gasteiger partial charge < -0.3 is 25.5 Å². The van der Waals surface area contributed by atoms with Crippen LogP contribution in [-0.4, -0.2) is 56.8 Å². The highest BCUT2D eigenvalue weighted by Crippen LogP contribution is 1.98. The highest BCUT2D eigenvalue weighted by atomic mass is 16.4. The molecule has 0 radical (unpaired) electrons. The molecular weight excluding hydrogens is 256 g/mol. The standard InChI is InChI=1S/C6H14O3.2C3H4O2/c7-4-2-1-3-6(9)5-8;2*1-2-3(4)5/h6-9H,1-5H2;2*2H,1H2,(H,4,5). The van der Waals surface area contributed by atoms with E-state index in [1.165, 1.54) is 0 Å². The summed E-state index contributed by atoms with van der Waals surface area (Å²) in [5, 5.41) is 40.6. The van der Waals surface area contributed by atoms with E-state index in [9.17, 15) is 9.59 Å². The Kier molecular flexibility index (Phi) is 22.1. The third kappa shape index (κ3) is 38.5. The van der Waals surface area contributed by atoms with E-state index in [-0.39, 0.29) is 13.2 Å². The molecule has 0 saturated carbocycles. The van der Waals surface area contributed by atoms with Crippen molar-refractivity contribution in [2.45, 2.75) is 25.4 Å². The number of carboxylic acids is 2. The zero-order valence-electron chi connectivity index (χ0n) is 10.7. The molecule has 0 saturated heterocycles. The molecule has 5 N–H and O–H groups in total. The van der Waals surface area contributed by atoms with Crippen molar-refractivity contribution >= 4 is 11.9 Å². The van der Waals surface area contributed by atoms with Gasteiger partial charge in [0.05, 0.1) is 12.7 Å². The minimum Gasteiger partial charge on any atom is -0.478 e. The molecule has 0 amide bonds. The minimum absolute atomic E-state index is 0.165. The summed E-state index contributed by atoms with van der Waals surface area (Å²) < 4.78 is 0. The lowest BCUT2D eigenvalue weighted by molar-refractivity contribution is -0.132. The molecule has 0 fully saturated rings. The van der Waals surface area contributed by atoms with Gasteiger partial charge in [-0.2, -0.15) is 0 Å². The summed E-state index contributed by atoms with van der Waals surface area (Å²) in [5.74, 6) is -1.96. The van der Waals surface area contributed by atoms with Crippen molar-refractivity contribution in [3.05, 3.63) is 25.3 Å². The largest absolute Gasteiger partial charge is 0.478 e. The number of carboxylic acid groups (broad SMARTS) is 2. The highest BCUT2D eigenvalue weighted by Gasteiger charge is 1.99. The van der Waals surface area contributed by atoms with Crippen molar-refractivity contribution in [2.24, 2.45) is 0 Å². The number of hydrogen-bond acceptors (Lipinski definition) is 5. The van der Waals surface area contributed by atoms with E-state index in [0.29, 0.717) is 12.8 Å². The number of aliphatic hydroxyl groups excluding tert-OH is 3. The van der Waals surface area contributed by atoms with E-state index in [1.807, 2.05) is 0 Å². The molecule has 0 aromatic heterocycles. The molecule has 7 heteroatoms. The maximum atomic E-state index is 9.25. The Morgan fingerprint density at radius 3 is 1.58 bits per heavy atom. The first-order valence-electron chi connectivity index (χ1n) is 5.46. The maximum absolute atomic E-state index is 9.25. The molecule has 7 nitrogen and oxygen atoms in total. The summed E-state index contributed by atoms with van der Waals surface area (Å²) >= 11 is 0. The van der Waals surface area contributed by atoms with Crippen molar-refractivity contribution in [3.8, 4) is 0 Å². The molecule has 0 bridgehead atoms. The van der Waals surface area contributed by atoms with Crippen LogP contribution in [0, 0.1) is 0 Å². The minimum atomic E-state index is -0.981. The predicted molar refractivity (Wildman–Crippen MR) is 69.7 cm³/mol. The van der Waals surface area contributed by atoms with E-state index >= 15 is 0 Å². The summed E-state index contributed by atoms with van der Waals surface area (Å²) in [4.78, 5) is 18.5. The number of rotatable bonds is 7. The van der Waals surface area contributed by atoms with Gasteiger partial charge in [-0.05, 0) is 19.3 Å². The van der Waals surface area contributed by atoms with E-state index in [4.69, 9.17) is 25.5 Å². The van der Waals surface area contributed by atoms with Crippen LogP contribution in [-0.2, 0) is 9.59 Å². The topological polar surface area (TPSA) is 135 Å². The fourth-order valence-corrected chi connectivity index (χ4v) is 0.583. The van der Waals surface area contributed by atoms with Crippen molar-refractivity contribution < 1.29 is 35.1 Å². The number of unbranched alkanes of at least 4 members (excludes halogenated alkanes) is 1. The molecule has 0 aliphatic carbocycles. The smallest absolute Gasteiger partial charge is 0.327 e. The second-order valence-electron chi connectivity index (χ2n) is 3.14. The van der Waals surface area contributed by atoms with Crippen LogP contribution in [0.3, 0.4) is 0 Å². The fraction of sp³-hybridized carbons (Fsp3) is 0.500. The molecule has 112 valence electrons. The molecular formula is C12H22O7. The van der Waals surface area contributed by atoms with Crippen LogP contribution in [0.4, 0.5) is 0 Å². The third-order valence-electron chi connectivity index (χ3n) is 1.51. The van der Waals surface area contributed by atoms with E-state index < -0.39 is 18.0 Å². The number of aliphatic hydroxyl groups is 3. The third-order valence-corrected chi connectivity index (χ3v) is 1.51. The molecule has 0 spiro atoms. The van der Waals surface area contributed by atoms with Gasteiger partial charge >= 0.3 is 11.9 Å². The van der Waals surface area contributed by atoms with Crippen molar-refractivity contribution in [1.82, 2.24) is 0 Å². The summed E-state index contributed by atoms with van der Waals surface area (Å²) in [6.07, 6.45) is 3.13. The van der Waals surface area contributed by atoms with Crippen molar-refractivity contribution in [3.63, 3.8) is 0 Å². The fourth-order valence-electron chi connectivity index (χ4n) is 0.583. The Balaban J connectivity index is -0.000000219. The van der Waals surface area contributed by atoms with Crippen LogP contribution in [0.1, 0.15) is 19.3 Å². The molecule has 0 aliphatic heterocycles. The lowest BCUT2D eigenvalue weighted by Gasteiger charge is -2.03. The van der Waals surface area contributed by atoms with Crippen molar-refractivity contribution in [1.29, 1.82) is 0 Å². The molecule has 19 heavy (non-hydrogen) atoms. The summed E-state index contributed by atoms with van der Waals surface area (Å²) in [5.41, 5.74) is 0. The van der Waals surface area contributed by atoms with Gasteiger partial charge in [0.25, 0.3) is 0 Å². The van der Waals surface area contributed by atoms with Crippen LogP contribution in [0.15, 0.2) is 25.3 Å². The van der Waals surface area contributed by atoms with Crippen LogP contribution in [0.5, 0.6) is 0 Å². The van der Waals surface area contributed by atoms with Gasteiger partial charge in [0.2, 0.25) is 0 Å². The number of aliphatic carboxylic acids is 2. The first-order valence-corrected chi connectivity index (χ1v) is 5.46. The maximum Gasteiger partial charge on any atom is 0.327 e. The molecule has 0 heterocycles. The van der Waals surface area contributed by atoms with Crippen molar-refractivity contribution in [2.75, 3.05) is 13.2 Å². The monoisotopic (exact) mass is 278 g/mol. The highest BCUT2D eigenvalue weighted by molar-refractivity contribution is 5.79. The zero-order chi connectivity index (χ0) is 15.7. The Labute approximate surface area is 112 Å². The molecule has 0 aromatic carbocycles. The van der Waals surface area contributed by atoms with E-state index in [0.717, 1.165) is 18.6 Å². The first-order chi connectivity index (χ1) is 8.85. The van der Waals surface area contributed by atoms with Gasteiger partial charge in [-0.3, -0.25) is 0 Å². The average Bonchev–Trinajstić information content (AvgIpc) is 2.40. The summed E-state index contributed by atoms with van der Waals surface area (Å²) in [6.45, 7) is 5.91. The molecule has 1 unspecified atom stereocenters. The molecule has 0 aliphatic rings. The summed E-state index contributed by atoms with van der Waals surface area (Å²) in [7, 11) is 0. The Hall–Kier alpha value is -1.70. The first kappa shape index (κ1) is 22.5. The van der Waals surface area contributed by atoms with Crippen LogP contribution < -0.4 is 0 Å². The SMILES string of the molecule is C=CC(=O)O.C=CC(=O)O.OCCCCC(O)CO. The number of hydrogen-bond donors (Lipinski definition) is 5. The normalized spacial score (nSPS) is 9.84. The second kappa shape index (κ2) is 18.7. The Bertz CT molecular complexity index is 232. The Morgan fingerprint density at radius 2 is 1.37 bits per heavy atom. The van der Waals surface area contributed by atoms with Gasteiger partial charge in [0.1, 0.15) is 0 Å². The lowest BCUT2D eigenvalue weighted by Crippen LogP contribution is -2.11. The lowest BCUT2D eigenvalue weighted by atomic mass is 10.2. The zero-order valence-corrected chi connectivity index (χ0v) is 10.7. The van der Waals surface area contributed by atoms with Crippen LogP contribution in [0.2, 0.25) is 0 Å². The van der Waals surface area contributed by atoms with Gasteiger partial charge in [0, 0.05) is 18.8 Å². The van der Waals surface area contributed by atoms with Gasteiger partial charge in [0.15, 0.2) is 0 Å². The van der Waals surface area contributed by atoms with Crippen LogP contribution >= 0.6 is 0 Å². The van der Waals surface area contributed by atoms with Gasteiger partial charge in [-0.15, -0.1) is 0 Å². The summed E-state index contributed by atoms with van der Waals surface area (Å²) in [6, 6.07) is 0. The van der Waals surface area contributed by atoms with Crippen LogP contribution in [0.25, 0.3) is 0 Å². The van der Waals surface area contributed by atoms with Gasteiger partial charge in [-0.1, -0.05) is 13.2 Å². The van der Waals surface area contributed by atoms with Gasteiger partial charge in [-0.25, -0.2) is 9.59 Å². The predicted octanol–water partition coefficient (Wildman–Crippen LogP) is 0.0162. The van der Waals surface area contributed by atoms with E-state index in [2.05, 4.69) is 13.2 Å². The Morgan fingerprint density at radius 1 is 1.00 bits per heavy atom. The second-order valence-corrected chi connectivity index (χ2v) is 3.14.